The van der Waals surface area contributed by atoms with E-state index in [0.29, 0.717) is 32.6 Å². The molecule has 132 valence electrons. The van der Waals surface area contributed by atoms with Crippen LogP contribution in [0.3, 0.4) is 0 Å². The first-order valence-electron chi connectivity index (χ1n) is 8.06. The molecule has 0 spiro atoms. The minimum absolute atomic E-state index is 0.00952. The van der Waals surface area contributed by atoms with E-state index in [0.717, 1.165) is 10.7 Å². The third-order valence-electron chi connectivity index (χ3n) is 4.04. The van der Waals surface area contributed by atoms with Crippen LogP contribution < -0.4 is 5.56 Å². The molecule has 0 bridgehead atoms. The van der Waals surface area contributed by atoms with Crippen LogP contribution in [0.2, 0.25) is 0 Å². The van der Waals surface area contributed by atoms with E-state index in [4.69, 9.17) is 0 Å². The summed E-state index contributed by atoms with van der Waals surface area (Å²) in [5, 5.41) is 2.84. The van der Waals surface area contributed by atoms with Gasteiger partial charge in [-0.15, -0.1) is 11.3 Å². The van der Waals surface area contributed by atoms with Gasteiger partial charge < -0.3 is 14.8 Å². The van der Waals surface area contributed by atoms with Crippen LogP contribution >= 0.6 is 11.3 Å². The van der Waals surface area contributed by atoms with Crippen molar-refractivity contribution in [1.82, 2.24) is 24.8 Å². The Balaban J connectivity index is 1.62. The minimum Gasteiger partial charge on any atom is -0.341 e. The van der Waals surface area contributed by atoms with Gasteiger partial charge in [-0.1, -0.05) is 0 Å². The molecule has 0 atom stereocenters. The van der Waals surface area contributed by atoms with Crippen LogP contribution in [-0.2, 0) is 11.2 Å². The Morgan fingerprint density at radius 2 is 2.00 bits per heavy atom. The fraction of sp³-hybridized carbons (Fsp3) is 0.438. The Bertz CT molecular complexity index is 831. The lowest BCUT2D eigenvalue weighted by Crippen LogP contribution is -2.39. The lowest BCUT2D eigenvalue weighted by molar-refractivity contribution is -0.130. The third kappa shape index (κ3) is 4.11. The molecule has 1 saturated heterocycles. The molecule has 0 unspecified atom stereocenters. The topological polar surface area (TPSA) is 99.3 Å². The summed E-state index contributed by atoms with van der Waals surface area (Å²) in [4.78, 5) is 50.6. The Kier molecular flexibility index (Phi) is 5.22. The summed E-state index contributed by atoms with van der Waals surface area (Å²) in [6.07, 6.45) is 3.72. The van der Waals surface area contributed by atoms with Gasteiger partial charge in [0.2, 0.25) is 5.91 Å². The van der Waals surface area contributed by atoms with Crippen molar-refractivity contribution in [2.24, 2.45) is 0 Å². The van der Waals surface area contributed by atoms with Crippen LogP contribution in [0.1, 0.15) is 27.6 Å². The van der Waals surface area contributed by atoms with Gasteiger partial charge in [-0.25, -0.2) is 9.97 Å². The van der Waals surface area contributed by atoms with Crippen LogP contribution in [0.15, 0.2) is 22.6 Å². The number of carbonyl (C=O) groups is 2. The summed E-state index contributed by atoms with van der Waals surface area (Å²) < 4.78 is 0. The molecule has 3 rings (SSSR count). The average molecular weight is 361 g/mol. The molecular weight excluding hydrogens is 342 g/mol. The van der Waals surface area contributed by atoms with Gasteiger partial charge in [0.05, 0.1) is 17.1 Å². The number of rotatable bonds is 3. The number of H-pyrrole nitrogens is 1. The smallest absolute Gasteiger partial charge is 0.279 e. The zero-order valence-electron chi connectivity index (χ0n) is 13.9. The highest BCUT2D eigenvalue weighted by molar-refractivity contribution is 7.09. The molecule has 1 aliphatic rings. The molecule has 2 aromatic rings. The van der Waals surface area contributed by atoms with Gasteiger partial charge in [-0.3, -0.25) is 14.4 Å². The lowest BCUT2D eigenvalue weighted by atomic mass is 10.3. The van der Waals surface area contributed by atoms with Gasteiger partial charge in [0.15, 0.2) is 5.69 Å². The van der Waals surface area contributed by atoms with Gasteiger partial charge in [-0.2, -0.15) is 0 Å². The SMILES string of the molecule is Cc1nc(CC(=O)N2CCCN(C(=O)c3ncc[nH]c3=O)CC2)cs1. The second-order valence-corrected chi connectivity index (χ2v) is 6.89. The highest BCUT2D eigenvalue weighted by Gasteiger charge is 2.25. The fourth-order valence-electron chi connectivity index (χ4n) is 2.78. The maximum Gasteiger partial charge on any atom is 0.279 e. The Morgan fingerprint density at radius 3 is 2.72 bits per heavy atom. The molecule has 9 heteroatoms. The first-order valence-corrected chi connectivity index (χ1v) is 8.94. The van der Waals surface area contributed by atoms with Crippen LogP contribution in [0.5, 0.6) is 0 Å². The number of aromatic amines is 1. The van der Waals surface area contributed by atoms with Crippen molar-refractivity contribution >= 4 is 23.2 Å². The summed E-state index contributed by atoms with van der Waals surface area (Å²) in [6.45, 7) is 3.82. The largest absolute Gasteiger partial charge is 0.341 e. The average Bonchev–Trinajstić information content (AvgIpc) is 2.86. The normalized spacial score (nSPS) is 15.1. The molecule has 2 aromatic heterocycles. The van der Waals surface area contributed by atoms with Crippen LogP contribution in [0.4, 0.5) is 0 Å². The molecule has 8 nitrogen and oxygen atoms in total. The maximum absolute atomic E-state index is 12.5. The predicted molar refractivity (Wildman–Crippen MR) is 92.5 cm³/mol. The Morgan fingerprint density at radius 1 is 1.24 bits per heavy atom. The number of hydrogen-bond acceptors (Lipinski definition) is 6. The summed E-state index contributed by atoms with van der Waals surface area (Å²) >= 11 is 1.53. The Labute approximate surface area is 148 Å². The van der Waals surface area contributed by atoms with E-state index in [9.17, 15) is 14.4 Å². The Hall–Kier alpha value is -2.55. The van der Waals surface area contributed by atoms with Crippen molar-refractivity contribution in [3.05, 3.63) is 44.5 Å². The molecule has 0 aromatic carbocycles. The molecule has 3 heterocycles. The molecule has 0 aliphatic carbocycles. The number of amides is 2. The van der Waals surface area contributed by atoms with Crippen LogP contribution in [0.25, 0.3) is 0 Å². The summed E-state index contributed by atoms with van der Waals surface area (Å²) in [5.41, 5.74) is 0.175. The number of carbonyl (C=O) groups excluding carboxylic acids is 2. The van der Waals surface area contributed by atoms with Crippen molar-refractivity contribution in [3.8, 4) is 0 Å². The number of aromatic nitrogens is 3. The molecule has 0 radical (unpaired) electrons. The highest BCUT2D eigenvalue weighted by atomic mass is 32.1. The predicted octanol–water partition coefficient (Wildman–Crippen LogP) is 0.452. The van der Waals surface area contributed by atoms with Crippen LogP contribution in [-0.4, -0.2) is 62.7 Å². The van der Waals surface area contributed by atoms with Crippen molar-refractivity contribution < 1.29 is 9.59 Å². The van der Waals surface area contributed by atoms with Crippen molar-refractivity contribution in [2.75, 3.05) is 26.2 Å². The van der Waals surface area contributed by atoms with Crippen molar-refractivity contribution in [1.29, 1.82) is 0 Å². The summed E-state index contributed by atoms with van der Waals surface area (Å²) in [5.74, 6) is -0.387. The number of hydrogen-bond donors (Lipinski definition) is 1. The van der Waals surface area contributed by atoms with Gasteiger partial charge in [0.1, 0.15) is 0 Å². The van der Waals surface area contributed by atoms with E-state index in [1.54, 1.807) is 9.80 Å². The number of nitrogens with zero attached hydrogens (tertiary/aromatic N) is 4. The van der Waals surface area contributed by atoms with Crippen molar-refractivity contribution in [3.63, 3.8) is 0 Å². The number of thiazole rings is 1. The van der Waals surface area contributed by atoms with E-state index in [-0.39, 0.29) is 18.0 Å². The van der Waals surface area contributed by atoms with Gasteiger partial charge in [-0.05, 0) is 13.3 Å². The van der Waals surface area contributed by atoms with Crippen LogP contribution in [0, 0.1) is 6.92 Å². The number of aryl methyl sites for hydroxylation is 1. The number of nitrogens with one attached hydrogen (secondary N) is 1. The first-order chi connectivity index (χ1) is 12.0. The van der Waals surface area contributed by atoms with E-state index in [1.807, 2.05) is 12.3 Å². The monoisotopic (exact) mass is 361 g/mol. The lowest BCUT2D eigenvalue weighted by Gasteiger charge is -2.21. The second-order valence-electron chi connectivity index (χ2n) is 5.83. The van der Waals surface area contributed by atoms with E-state index < -0.39 is 11.5 Å². The molecule has 2 amide bonds. The molecule has 1 aliphatic heterocycles. The zero-order valence-corrected chi connectivity index (χ0v) is 14.7. The van der Waals surface area contributed by atoms with E-state index in [2.05, 4.69) is 15.0 Å². The van der Waals surface area contributed by atoms with Gasteiger partial charge in [0.25, 0.3) is 11.5 Å². The third-order valence-corrected chi connectivity index (χ3v) is 4.87. The highest BCUT2D eigenvalue weighted by Crippen LogP contribution is 2.11. The summed E-state index contributed by atoms with van der Waals surface area (Å²) in [7, 11) is 0. The van der Waals surface area contributed by atoms with Gasteiger partial charge in [0, 0.05) is 44.0 Å². The van der Waals surface area contributed by atoms with Crippen molar-refractivity contribution in [2.45, 2.75) is 19.8 Å². The second kappa shape index (κ2) is 7.56. The summed E-state index contributed by atoms with van der Waals surface area (Å²) in [6, 6.07) is 0. The quantitative estimate of drug-likeness (QED) is 0.856. The molecule has 25 heavy (non-hydrogen) atoms. The fourth-order valence-corrected chi connectivity index (χ4v) is 3.39. The molecular formula is C16H19N5O3S. The zero-order chi connectivity index (χ0) is 17.8. The van der Waals surface area contributed by atoms with E-state index in [1.165, 1.54) is 23.7 Å². The maximum atomic E-state index is 12.5. The molecule has 1 N–H and O–H groups in total. The first kappa shape index (κ1) is 17.3. The minimum atomic E-state index is -0.497. The van der Waals surface area contributed by atoms with E-state index >= 15 is 0 Å². The molecule has 1 fully saturated rings. The standard InChI is InChI=1S/C16H19N5O3S/c1-11-19-12(10-25-11)9-13(22)20-5-2-6-21(8-7-20)16(24)14-15(23)18-4-3-17-14/h3-4,10H,2,5-9H2,1H3,(H,18,23). The molecule has 0 saturated carbocycles. The van der Waals surface area contributed by atoms with Gasteiger partial charge >= 0.3 is 0 Å².